The van der Waals surface area contributed by atoms with Gasteiger partial charge in [-0.3, -0.25) is 0 Å². The smallest absolute Gasteiger partial charge is 0.207 e. The van der Waals surface area contributed by atoms with E-state index in [1.807, 2.05) is 42.5 Å². The van der Waals surface area contributed by atoms with E-state index in [1.165, 1.54) is 0 Å². The highest BCUT2D eigenvalue weighted by Gasteiger charge is 2.26. The maximum absolute atomic E-state index is 9.83. The first-order chi connectivity index (χ1) is 12.8. The van der Waals surface area contributed by atoms with Gasteiger partial charge in [-0.05, 0) is 49.1 Å². The molecule has 5 nitrogen and oxygen atoms in total. The lowest BCUT2D eigenvalue weighted by atomic mass is 10.0. The topological polar surface area (TPSA) is 65.1 Å². The molecule has 1 aliphatic heterocycles. The second-order valence-electron chi connectivity index (χ2n) is 6.82. The zero-order valence-electron chi connectivity index (χ0n) is 14.7. The van der Waals surface area contributed by atoms with Crippen molar-refractivity contribution in [1.29, 1.82) is 5.26 Å². The van der Waals surface area contributed by atoms with Gasteiger partial charge in [0, 0.05) is 6.54 Å². The number of imidazole rings is 1. The molecule has 1 fully saturated rings. The van der Waals surface area contributed by atoms with Crippen LogP contribution < -0.4 is 4.90 Å². The molecule has 1 N–H and O–H groups in total. The number of hydrogen-bond acceptors (Lipinski definition) is 4. The van der Waals surface area contributed by atoms with E-state index in [0.717, 1.165) is 48.4 Å². The Bertz CT molecular complexity index is 939. The summed E-state index contributed by atoms with van der Waals surface area (Å²) in [5.41, 5.74) is 3.86. The lowest BCUT2D eigenvalue weighted by Gasteiger charge is -2.35. The normalized spacial score (nSPS) is 17.4. The Hall–Kier alpha value is -2.84. The maximum Gasteiger partial charge on any atom is 0.207 e. The third-order valence-electron chi connectivity index (χ3n) is 5.15. The fraction of sp³-hybridized carbons (Fsp3) is 0.333. The number of para-hydroxylation sites is 2. The van der Waals surface area contributed by atoms with Crippen LogP contribution in [0.25, 0.3) is 11.0 Å². The largest absolute Gasteiger partial charge is 0.394 e. The van der Waals surface area contributed by atoms with Crippen LogP contribution in [0, 0.1) is 11.3 Å². The monoisotopic (exact) mass is 346 g/mol. The van der Waals surface area contributed by atoms with Crippen LogP contribution in [0.1, 0.15) is 30.4 Å². The van der Waals surface area contributed by atoms with E-state index in [1.54, 1.807) is 0 Å². The van der Waals surface area contributed by atoms with Crippen molar-refractivity contribution >= 4 is 17.0 Å². The van der Waals surface area contributed by atoms with Crippen molar-refractivity contribution in [2.75, 3.05) is 18.1 Å². The van der Waals surface area contributed by atoms with E-state index in [9.17, 15) is 5.11 Å². The first kappa shape index (κ1) is 16.6. The molecule has 2 heterocycles. The number of aromatic nitrogens is 2. The predicted octanol–water partition coefficient (Wildman–Crippen LogP) is 3.31. The molecule has 0 amide bonds. The van der Waals surface area contributed by atoms with Gasteiger partial charge in [-0.1, -0.05) is 24.3 Å². The van der Waals surface area contributed by atoms with Gasteiger partial charge in [0.15, 0.2) is 0 Å². The van der Waals surface area contributed by atoms with Gasteiger partial charge < -0.3 is 14.6 Å². The Balaban J connectivity index is 1.77. The highest BCUT2D eigenvalue weighted by atomic mass is 16.3. The van der Waals surface area contributed by atoms with Crippen molar-refractivity contribution in [1.82, 2.24) is 9.55 Å². The molecule has 1 atom stereocenters. The Morgan fingerprint density at radius 3 is 2.69 bits per heavy atom. The van der Waals surface area contributed by atoms with Crippen molar-refractivity contribution in [2.45, 2.75) is 31.8 Å². The molecule has 0 radical (unpaired) electrons. The highest BCUT2D eigenvalue weighted by molar-refractivity contribution is 5.79. The molecule has 0 aliphatic carbocycles. The van der Waals surface area contributed by atoms with Crippen molar-refractivity contribution in [2.24, 2.45) is 0 Å². The molecular formula is C21H22N4O. The van der Waals surface area contributed by atoms with Gasteiger partial charge in [0.25, 0.3) is 0 Å². The number of nitriles is 1. The summed E-state index contributed by atoms with van der Waals surface area (Å²) in [6.07, 6.45) is 3.27. The molecule has 3 aromatic rings. The molecule has 5 heteroatoms. The van der Waals surface area contributed by atoms with E-state index >= 15 is 0 Å². The second-order valence-corrected chi connectivity index (χ2v) is 6.82. The molecule has 4 rings (SSSR count). The third-order valence-corrected chi connectivity index (χ3v) is 5.15. The number of rotatable bonds is 4. The molecule has 0 spiro atoms. The summed E-state index contributed by atoms with van der Waals surface area (Å²) >= 11 is 0. The van der Waals surface area contributed by atoms with Crippen LogP contribution in [-0.2, 0) is 6.54 Å². The number of piperidine rings is 1. The molecule has 2 aromatic carbocycles. The van der Waals surface area contributed by atoms with Gasteiger partial charge in [-0.15, -0.1) is 0 Å². The number of benzene rings is 2. The summed E-state index contributed by atoms with van der Waals surface area (Å²) < 4.78 is 2.23. The van der Waals surface area contributed by atoms with Crippen LogP contribution in [0.4, 0.5) is 5.95 Å². The Kier molecular flexibility index (Phi) is 4.59. The molecule has 0 saturated carbocycles. The summed E-state index contributed by atoms with van der Waals surface area (Å²) in [5, 5.41) is 18.8. The van der Waals surface area contributed by atoms with Crippen LogP contribution in [0.5, 0.6) is 0 Å². The zero-order chi connectivity index (χ0) is 17.9. The fourth-order valence-electron chi connectivity index (χ4n) is 3.76. The molecule has 0 unspecified atom stereocenters. The summed E-state index contributed by atoms with van der Waals surface area (Å²) in [6.45, 7) is 1.76. The lowest BCUT2D eigenvalue weighted by molar-refractivity contribution is 0.238. The predicted molar refractivity (Wildman–Crippen MR) is 102 cm³/mol. The number of aliphatic hydroxyl groups excluding tert-OH is 1. The van der Waals surface area contributed by atoms with E-state index in [0.29, 0.717) is 12.1 Å². The number of anilines is 1. The van der Waals surface area contributed by atoms with Gasteiger partial charge in [0.1, 0.15) is 0 Å². The van der Waals surface area contributed by atoms with Crippen molar-refractivity contribution in [3.63, 3.8) is 0 Å². The van der Waals surface area contributed by atoms with Gasteiger partial charge in [0.2, 0.25) is 5.95 Å². The number of nitrogens with zero attached hydrogens (tertiary/aromatic N) is 4. The average molecular weight is 346 g/mol. The molecule has 26 heavy (non-hydrogen) atoms. The van der Waals surface area contributed by atoms with Gasteiger partial charge in [-0.25, -0.2) is 4.98 Å². The minimum Gasteiger partial charge on any atom is -0.394 e. The standard InChI is InChI=1S/C21H22N4O/c22-13-16-8-10-17(11-9-16)14-25-20-7-2-1-6-19(20)23-21(25)24-12-4-3-5-18(24)15-26/h1-2,6-11,18,26H,3-5,12,14-15H2/t18-/m1/s1. The first-order valence-electron chi connectivity index (χ1n) is 9.12. The minimum absolute atomic E-state index is 0.125. The molecule has 132 valence electrons. The first-order valence-corrected chi connectivity index (χ1v) is 9.12. The van der Waals surface area contributed by atoms with Crippen LogP contribution >= 0.6 is 0 Å². The van der Waals surface area contributed by atoms with Gasteiger partial charge in [-0.2, -0.15) is 5.26 Å². The Morgan fingerprint density at radius 2 is 1.92 bits per heavy atom. The van der Waals surface area contributed by atoms with Gasteiger partial charge >= 0.3 is 0 Å². The van der Waals surface area contributed by atoms with Crippen molar-refractivity contribution in [3.8, 4) is 6.07 Å². The Morgan fingerprint density at radius 1 is 1.12 bits per heavy atom. The van der Waals surface area contributed by atoms with E-state index in [4.69, 9.17) is 10.2 Å². The van der Waals surface area contributed by atoms with E-state index in [2.05, 4.69) is 21.6 Å². The summed E-state index contributed by atoms with van der Waals surface area (Å²) in [7, 11) is 0. The van der Waals surface area contributed by atoms with Crippen LogP contribution in [-0.4, -0.2) is 33.9 Å². The maximum atomic E-state index is 9.83. The van der Waals surface area contributed by atoms with Crippen LogP contribution in [0.2, 0.25) is 0 Å². The highest BCUT2D eigenvalue weighted by Crippen LogP contribution is 2.29. The lowest BCUT2D eigenvalue weighted by Crippen LogP contribution is -2.43. The van der Waals surface area contributed by atoms with Crippen molar-refractivity contribution in [3.05, 3.63) is 59.7 Å². The molecule has 1 aliphatic rings. The summed E-state index contributed by atoms with van der Waals surface area (Å²) in [5.74, 6) is 0.925. The Labute approximate surface area is 153 Å². The van der Waals surface area contributed by atoms with E-state index in [-0.39, 0.29) is 12.6 Å². The SMILES string of the molecule is N#Cc1ccc(Cn2c(N3CCCC[C@@H]3CO)nc3ccccc32)cc1. The quantitative estimate of drug-likeness (QED) is 0.787. The average Bonchev–Trinajstić information content (AvgIpc) is 3.07. The number of fused-ring (bicyclic) bond motifs is 1. The fourth-order valence-corrected chi connectivity index (χ4v) is 3.76. The van der Waals surface area contributed by atoms with Gasteiger partial charge in [0.05, 0.1) is 41.9 Å². The summed E-state index contributed by atoms with van der Waals surface area (Å²) in [6, 6.07) is 18.1. The zero-order valence-corrected chi connectivity index (χ0v) is 14.7. The van der Waals surface area contributed by atoms with Crippen LogP contribution in [0.3, 0.4) is 0 Å². The minimum atomic E-state index is 0.125. The summed E-state index contributed by atoms with van der Waals surface area (Å²) in [4.78, 5) is 7.15. The third kappa shape index (κ3) is 3.04. The molecule has 1 aromatic heterocycles. The number of aliphatic hydroxyl groups is 1. The van der Waals surface area contributed by atoms with Crippen LogP contribution in [0.15, 0.2) is 48.5 Å². The van der Waals surface area contributed by atoms with Crippen molar-refractivity contribution < 1.29 is 5.11 Å². The number of hydrogen-bond donors (Lipinski definition) is 1. The molecule has 0 bridgehead atoms. The molecule has 1 saturated heterocycles. The van der Waals surface area contributed by atoms with E-state index < -0.39 is 0 Å². The second kappa shape index (κ2) is 7.19. The molecular weight excluding hydrogens is 324 g/mol.